The number of ether oxygens (including phenoxy) is 1. The van der Waals surface area contributed by atoms with Gasteiger partial charge < -0.3 is 4.74 Å². The fraction of sp³-hybridized carbons (Fsp3) is 0.400. The Labute approximate surface area is 142 Å². The normalized spacial score (nSPS) is 28.7. The first-order chi connectivity index (χ1) is 11.7. The summed E-state index contributed by atoms with van der Waals surface area (Å²) in [4.78, 5) is 20.0. The van der Waals surface area contributed by atoms with Crippen LogP contribution < -0.4 is 4.74 Å². The summed E-state index contributed by atoms with van der Waals surface area (Å²) in [7, 11) is 1.64. The molecule has 4 heterocycles. The van der Waals surface area contributed by atoms with Gasteiger partial charge in [0.05, 0.1) is 18.7 Å². The summed E-state index contributed by atoms with van der Waals surface area (Å²) in [5.74, 6) is 2.07. The molecule has 0 aliphatic carbocycles. The molecule has 4 atom stereocenters. The third-order valence-electron chi connectivity index (χ3n) is 5.62. The van der Waals surface area contributed by atoms with Crippen molar-refractivity contribution in [1.82, 2.24) is 9.88 Å². The molecule has 2 unspecified atom stereocenters. The van der Waals surface area contributed by atoms with E-state index in [1.165, 1.54) is 6.42 Å². The first-order valence-electron chi connectivity index (χ1n) is 8.55. The van der Waals surface area contributed by atoms with Gasteiger partial charge in [0.25, 0.3) is 0 Å². The van der Waals surface area contributed by atoms with Crippen molar-refractivity contribution in [2.75, 3.05) is 20.2 Å². The van der Waals surface area contributed by atoms with Crippen molar-refractivity contribution in [3.05, 3.63) is 48.7 Å². The van der Waals surface area contributed by atoms with E-state index in [9.17, 15) is 4.79 Å². The molecule has 3 aliphatic heterocycles. The van der Waals surface area contributed by atoms with Crippen LogP contribution in [-0.4, -0.2) is 41.9 Å². The van der Waals surface area contributed by atoms with E-state index in [-0.39, 0.29) is 11.8 Å². The lowest BCUT2D eigenvalue weighted by Gasteiger charge is -2.48. The number of ketones is 1. The van der Waals surface area contributed by atoms with Gasteiger partial charge in [0.1, 0.15) is 5.75 Å². The lowest BCUT2D eigenvalue weighted by molar-refractivity contribution is 0.0205. The molecule has 4 heteroatoms. The molecule has 124 valence electrons. The first-order valence-corrected chi connectivity index (χ1v) is 8.55. The van der Waals surface area contributed by atoms with Crippen LogP contribution in [0.4, 0.5) is 0 Å². The monoisotopic (exact) mass is 322 g/mol. The molecule has 0 spiro atoms. The SMILES string of the molecule is C=C[C@H]1CN2CC[C@H]1CC2C(=O)c1ccnc2ccc(OC)cc12. The minimum absolute atomic E-state index is 0.0169. The number of hydrogen-bond acceptors (Lipinski definition) is 4. The Balaban J connectivity index is 1.70. The summed E-state index contributed by atoms with van der Waals surface area (Å²) >= 11 is 0. The Bertz CT molecular complexity index is 801. The van der Waals surface area contributed by atoms with E-state index in [4.69, 9.17) is 4.74 Å². The molecule has 4 nitrogen and oxygen atoms in total. The van der Waals surface area contributed by atoms with E-state index in [1.807, 2.05) is 24.3 Å². The van der Waals surface area contributed by atoms with Crippen LogP contribution in [0.2, 0.25) is 0 Å². The Morgan fingerprint density at radius 3 is 3.00 bits per heavy atom. The number of rotatable bonds is 4. The van der Waals surface area contributed by atoms with Crippen LogP contribution in [0.3, 0.4) is 0 Å². The summed E-state index contributed by atoms with van der Waals surface area (Å²) in [5, 5.41) is 0.879. The number of benzene rings is 1. The summed E-state index contributed by atoms with van der Waals surface area (Å²) < 4.78 is 5.32. The zero-order chi connectivity index (χ0) is 16.7. The minimum atomic E-state index is -0.0169. The van der Waals surface area contributed by atoms with Crippen molar-refractivity contribution in [3.63, 3.8) is 0 Å². The molecule has 0 saturated carbocycles. The van der Waals surface area contributed by atoms with E-state index in [2.05, 4.69) is 22.5 Å². The second-order valence-corrected chi connectivity index (χ2v) is 6.80. The Morgan fingerprint density at radius 1 is 1.42 bits per heavy atom. The quantitative estimate of drug-likeness (QED) is 0.640. The molecule has 0 radical (unpaired) electrons. The topological polar surface area (TPSA) is 42.4 Å². The van der Waals surface area contributed by atoms with Crippen LogP contribution in [0.25, 0.3) is 10.9 Å². The van der Waals surface area contributed by atoms with Gasteiger partial charge in [0.2, 0.25) is 0 Å². The van der Waals surface area contributed by atoms with E-state index in [1.54, 1.807) is 13.3 Å². The Hall–Kier alpha value is -2.20. The number of methoxy groups -OCH3 is 1. The van der Waals surface area contributed by atoms with E-state index >= 15 is 0 Å². The zero-order valence-corrected chi connectivity index (χ0v) is 13.9. The van der Waals surface area contributed by atoms with Crippen molar-refractivity contribution < 1.29 is 9.53 Å². The van der Waals surface area contributed by atoms with E-state index in [0.717, 1.165) is 41.7 Å². The molecule has 2 aromatic rings. The highest BCUT2D eigenvalue weighted by Crippen LogP contribution is 2.38. The number of piperidine rings is 3. The molecule has 24 heavy (non-hydrogen) atoms. The fourth-order valence-electron chi connectivity index (χ4n) is 4.25. The third kappa shape index (κ3) is 2.42. The number of Topliss-reactive ketones (excluding diaryl/α,β-unsaturated/α-hetero) is 1. The number of fused-ring (bicyclic) bond motifs is 4. The molecule has 3 saturated heterocycles. The van der Waals surface area contributed by atoms with Gasteiger partial charge in [-0.1, -0.05) is 6.08 Å². The second-order valence-electron chi connectivity index (χ2n) is 6.80. The predicted octanol–water partition coefficient (Wildman–Crippen LogP) is 3.32. The Morgan fingerprint density at radius 2 is 2.29 bits per heavy atom. The molecule has 0 N–H and O–H groups in total. The molecule has 1 aromatic heterocycles. The van der Waals surface area contributed by atoms with Gasteiger partial charge in [-0.3, -0.25) is 14.7 Å². The van der Waals surface area contributed by atoms with Crippen LogP contribution in [0.5, 0.6) is 5.75 Å². The maximum atomic E-state index is 13.3. The summed E-state index contributed by atoms with van der Waals surface area (Å²) in [5.41, 5.74) is 1.59. The molecular formula is C20H22N2O2. The molecule has 2 bridgehead atoms. The first kappa shape index (κ1) is 15.3. The van der Waals surface area contributed by atoms with Crippen molar-refractivity contribution >= 4 is 16.7 Å². The maximum Gasteiger partial charge on any atom is 0.180 e. The van der Waals surface area contributed by atoms with Gasteiger partial charge >= 0.3 is 0 Å². The van der Waals surface area contributed by atoms with Crippen LogP contribution in [0.1, 0.15) is 23.2 Å². The number of hydrogen-bond donors (Lipinski definition) is 0. The van der Waals surface area contributed by atoms with Crippen LogP contribution >= 0.6 is 0 Å². The van der Waals surface area contributed by atoms with Gasteiger partial charge in [-0.05, 0) is 55.5 Å². The van der Waals surface area contributed by atoms with Crippen LogP contribution in [-0.2, 0) is 0 Å². The van der Waals surface area contributed by atoms with Crippen molar-refractivity contribution in [2.24, 2.45) is 11.8 Å². The van der Waals surface area contributed by atoms with E-state index in [0.29, 0.717) is 11.8 Å². The van der Waals surface area contributed by atoms with Crippen molar-refractivity contribution in [3.8, 4) is 5.75 Å². The van der Waals surface area contributed by atoms with Gasteiger partial charge in [0, 0.05) is 23.7 Å². The van der Waals surface area contributed by atoms with Crippen LogP contribution in [0.15, 0.2) is 43.1 Å². The summed E-state index contributed by atoms with van der Waals surface area (Å²) in [6.45, 7) is 5.92. The number of aromatic nitrogens is 1. The molecular weight excluding hydrogens is 300 g/mol. The van der Waals surface area contributed by atoms with E-state index < -0.39 is 0 Å². The summed E-state index contributed by atoms with van der Waals surface area (Å²) in [6.07, 6.45) is 5.89. The van der Waals surface area contributed by atoms with Crippen molar-refractivity contribution in [1.29, 1.82) is 0 Å². The number of carbonyl (C=O) groups is 1. The standard InChI is InChI=1S/C20H22N2O2/c1-3-13-12-22-9-7-14(13)10-19(22)20(23)16-6-8-21-18-5-4-15(24-2)11-17(16)18/h3-6,8,11,13-14,19H,1,7,9-10,12H2,2H3/t13-,14-,19?/m0/s1. The minimum Gasteiger partial charge on any atom is -0.497 e. The number of nitrogens with zero attached hydrogens (tertiary/aromatic N) is 2. The van der Waals surface area contributed by atoms with Gasteiger partial charge in [-0.25, -0.2) is 0 Å². The van der Waals surface area contributed by atoms with Gasteiger partial charge in [-0.15, -0.1) is 6.58 Å². The molecule has 3 fully saturated rings. The highest BCUT2D eigenvalue weighted by Gasteiger charge is 2.42. The lowest BCUT2D eigenvalue weighted by atomic mass is 9.74. The van der Waals surface area contributed by atoms with Gasteiger partial charge in [-0.2, -0.15) is 0 Å². The number of pyridine rings is 1. The summed E-state index contributed by atoms with van der Waals surface area (Å²) in [6, 6.07) is 7.53. The Kier molecular flexibility index (Phi) is 3.85. The highest BCUT2D eigenvalue weighted by molar-refractivity contribution is 6.10. The molecule has 5 rings (SSSR count). The molecule has 1 aromatic carbocycles. The smallest absolute Gasteiger partial charge is 0.180 e. The zero-order valence-electron chi connectivity index (χ0n) is 13.9. The third-order valence-corrected chi connectivity index (χ3v) is 5.62. The molecule has 0 amide bonds. The highest BCUT2D eigenvalue weighted by atomic mass is 16.5. The largest absolute Gasteiger partial charge is 0.497 e. The average Bonchev–Trinajstić information content (AvgIpc) is 2.66. The fourth-order valence-corrected chi connectivity index (χ4v) is 4.25. The number of carbonyl (C=O) groups excluding carboxylic acids is 1. The van der Waals surface area contributed by atoms with Crippen LogP contribution in [0, 0.1) is 11.8 Å². The molecule has 3 aliphatic rings. The average molecular weight is 322 g/mol. The lowest BCUT2D eigenvalue weighted by Crippen LogP contribution is -2.55. The predicted molar refractivity (Wildman–Crippen MR) is 94.4 cm³/mol. The van der Waals surface area contributed by atoms with Crippen molar-refractivity contribution in [2.45, 2.75) is 18.9 Å². The second kappa shape index (κ2) is 6.02. The van der Waals surface area contributed by atoms with Gasteiger partial charge in [0.15, 0.2) is 5.78 Å². The maximum absolute atomic E-state index is 13.3.